The molecule has 5 heteroatoms. The van der Waals surface area contributed by atoms with Crippen LogP contribution in [-0.2, 0) is 6.42 Å². The SMILES string of the molecule is NC(=O)Oc1cc(Br)cc(CCO)c1. The van der Waals surface area contributed by atoms with Gasteiger partial charge < -0.3 is 15.6 Å². The van der Waals surface area contributed by atoms with Gasteiger partial charge in [0.05, 0.1) is 0 Å². The Labute approximate surface area is 89.8 Å². The predicted octanol–water partition coefficient (Wildman–Crippen LogP) is 1.44. The van der Waals surface area contributed by atoms with Crippen molar-refractivity contribution >= 4 is 22.0 Å². The smallest absolute Gasteiger partial charge is 0.409 e. The van der Waals surface area contributed by atoms with Gasteiger partial charge in [0.1, 0.15) is 5.75 Å². The molecule has 0 heterocycles. The summed E-state index contributed by atoms with van der Waals surface area (Å²) in [5.74, 6) is 0.371. The molecular formula is C9H10BrNO3. The molecule has 0 atom stereocenters. The van der Waals surface area contributed by atoms with E-state index < -0.39 is 6.09 Å². The molecule has 0 aliphatic carbocycles. The average Bonchev–Trinajstić information content (AvgIpc) is 2.01. The maximum absolute atomic E-state index is 10.5. The second-order valence-corrected chi connectivity index (χ2v) is 3.61. The monoisotopic (exact) mass is 259 g/mol. The number of halogens is 1. The van der Waals surface area contributed by atoms with Gasteiger partial charge in [-0.1, -0.05) is 15.9 Å². The Morgan fingerprint density at radius 3 is 2.79 bits per heavy atom. The van der Waals surface area contributed by atoms with Crippen LogP contribution < -0.4 is 10.5 Å². The van der Waals surface area contributed by atoms with Crippen molar-refractivity contribution in [2.45, 2.75) is 6.42 Å². The van der Waals surface area contributed by atoms with Crippen molar-refractivity contribution in [3.63, 3.8) is 0 Å². The lowest BCUT2D eigenvalue weighted by molar-refractivity contribution is 0.211. The Hall–Kier alpha value is -1.07. The Bertz CT molecular complexity index is 341. The first-order valence-corrected chi connectivity index (χ1v) is 4.78. The number of primary amides is 1. The zero-order chi connectivity index (χ0) is 10.6. The molecule has 0 fully saturated rings. The van der Waals surface area contributed by atoms with Crippen LogP contribution >= 0.6 is 15.9 Å². The van der Waals surface area contributed by atoms with Crippen LogP contribution in [0, 0.1) is 0 Å². The van der Waals surface area contributed by atoms with Crippen LogP contribution in [0.4, 0.5) is 4.79 Å². The standard InChI is InChI=1S/C9H10BrNO3/c10-7-3-6(1-2-12)4-8(5-7)14-9(11)13/h3-5,12H,1-2H2,(H2,11,13). The summed E-state index contributed by atoms with van der Waals surface area (Å²) < 4.78 is 5.49. The number of aliphatic hydroxyl groups excluding tert-OH is 1. The third-order valence-corrected chi connectivity index (χ3v) is 2.01. The molecule has 4 nitrogen and oxygen atoms in total. The van der Waals surface area contributed by atoms with E-state index in [-0.39, 0.29) is 6.61 Å². The molecule has 0 spiro atoms. The second kappa shape index (κ2) is 4.97. The van der Waals surface area contributed by atoms with E-state index in [9.17, 15) is 4.79 Å². The third kappa shape index (κ3) is 3.35. The number of nitrogens with two attached hydrogens (primary N) is 1. The summed E-state index contributed by atoms with van der Waals surface area (Å²) in [5.41, 5.74) is 5.75. The first-order chi connectivity index (χ1) is 6.61. The van der Waals surface area contributed by atoms with Crippen LogP contribution in [0.2, 0.25) is 0 Å². The highest BCUT2D eigenvalue weighted by Crippen LogP contribution is 2.21. The maximum atomic E-state index is 10.5. The molecule has 1 rings (SSSR count). The number of ether oxygens (including phenoxy) is 1. The quantitative estimate of drug-likeness (QED) is 0.863. The number of amides is 1. The van der Waals surface area contributed by atoms with E-state index >= 15 is 0 Å². The molecule has 0 aliphatic rings. The lowest BCUT2D eigenvalue weighted by Gasteiger charge is -2.04. The normalized spacial score (nSPS) is 9.86. The maximum Gasteiger partial charge on any atom is 0.409 e. The summed E-state index contributed by atoms with van der Waals surface area (Å²) in [6.45, 7) is 0.0481. The number of carbonyl (C=O) groups excluding carboxylic acids is 1. The first kappa shape index (κ1) is 11.0. The van der Waals surface area contributed by atoms with Gasteiger partial charge in [-0.25, -0.2) is 4.79 Å². The number of hydrogen-bond acceptors (Lipinski definition) is 3. The van der Waals surface area contributed by atoms with E-state index in [0.717, 1.165) is 10.0 Å². The lowest BCUT2D eigenvalue weighted by Crippen LogP contribution is -2.16. The Balaban J connectivity index is 2.88. The molecule has 0 aromatic heterocycles. The average molecular weight is 260 g/mol. The van der Waals surface area contributed by atoms with Gasteiger partial charge in [0.25, 0.3) is 0 Å². The molecule has 1 amide bonds. The van der Waals surface area contributed by atoms with E-state index in [4.69, 9.17) is 15.6 Å². The summed E-state index contributed by atoms with van der Waals surface area (Å²) in [6, 6.07) is 5.13. The van der Waals surface area contributed by atoms with Crippen LogP contribution in [-0.4, -0.2) is 17.8 Å². The van der Waals surface area contributed by atoms with Crippen molar-refractivity contribution in [3.05, 3.63) is 28.2 Å². The number of aliphatic hydroxyl groups is 1. The lowest BCUT2D eigenvalue weighted by atomic mass is 10.1. The molecule has 76 valence electrons. The van der Waals surface area contributed by atoms with Gasteiger partial charge in [-0.05, 0) is 30.2 Å². The van der Waals surface area contributed by atoms with Crippen LogP contribution in [0.3, 0.4) is 0 Å². The first-order valence-electron chi connectivity index (χ1n) is 3.99. The van der Waals surface area contributed by atoms with Crippen molar-refractivity contribution < 1.29 is 14.6 Å². The largest absolute Gasteiger partial charge is 0.410 e. The van der Waals surface area contributed by atoms with Gasteiger partial charge in [0.2, 0.25) is 0 Å². The molecule has 0 saturated heterocycles. The molecule has 0 radical (unpaired) electrons. The van der Waals surface area contributed by atoms with E-state index in [1.165, 1.54) is 0 Å². The fourth-order valence-electron chi connectivity index (χ4n) is 1.07. The number of carbonyl (C=O) groups is 1. The van der Waals surface area contributed by atoms with E-state index in [1.54, 1.807) is 12.1 Å². The van der Waals surface area contributed by atoms with Gasteiger partial charge in [0, 0.05) is 11.1 Å². The van der Waals surface area contributed by atoms with Crippen LogP contribution in [0.25, 0.3) is 0 Å². The molecule has 14 heavy (non-hydrogen) atoms. The number of benzene rings is 1. The van der Waals surface area contributed by atoms with Crippen LogP contribution in [0.15, 0.2) is 22.7 Å². The Kier molecular flexibility index (Phi) is 3.91. The molecule has 0 unspecified atom stereocenters. The highest BCUT2D eigenvalue weighted by molar-refractivity contribution is 9.10. The third-order valence-electron chi connectivity index (χ3n) is 1.55. The van der Waals surface area contributed by atoms with Crippen LogP contribution in [0.5, 0.6) is 5.75 Å². The summed E-state index contributed by atoms with van der Waals surface area (Å²) in [6.07, 6.45) is -0.341. The van der Waals surface area contributed by atoms with E-state index in [1.807, 2.05) is 6.07 Å². The van der Waals surface area contributed by atoms with Gasteiger partial charge in [0.15, 0.2) is 0 Å². The Morgan fingerprint density at radius 1 is 1.50 bits per heavy atom. The minimum Gasteiger partial charge on any atom is -0.410 e. The second-order valence-electron chi connectivity index (χ2n) is 2.69. The van der Waals surface area contributed by atoms with E-state index in [2.05, 4.69) is 15.9 Å². The summed E-state index contributed by atoms with van der Waals surface area (Å²) in [7, 11) is 0. The summed E-state index contributed by atoms with van der Waals surface area (Å²) in [4.78, 5) is 10.5. The fraction of sp³-hybridized carbons (Fsp3) is 0.222. The Morgan fingerprint density at radius 2 is 2.21 bits per heavy atom. The molecule has 1 aromatic carbocycles. The minimum atomic E-state index is -0.849. The van der Waals surface area contributed by atoms with Crippen molar-refractivity contribution in [2.24, 2.45) is 5.73 Å². The highest BCUT2D eigenvalue weighted by Gasteiger charge is 2.02. The fourth-order valence-corrected chi connectivity index (χ4v) is 1.59. The molecule has 3 N–H and O–H groups in total. The van der Waals surface area contributed by atoms with E-state index in [0.29, 0.717) is 12.2 Å². The molecule has 0 bridgehead atoms. The highest BCUT2D eigenvalue weighted by atomic mass is 79.9. The zero-order valence-electron chi connectivity index (χ0n) is 7.37. The van der Waals surface area contributed by atoms with Gasteiger partial charge in [-0.2, -0.15) is 0 Å². The minimum absolute atomic E-state index is 0.0481. The summed E-state index contributed by atoms with van der Waals surface area (Å²) >= 11 is 3.26. The molecular weight excluding hydrogens is 250 g/mol. The van der Waals surface area contributed by atoms with Crippen molar-refractivity contribution in [2.75, 3.05) is 6.61 Å². The van der Waals surface area contributed by atoms with Crippen LogP contribution in [0.1, 0.15) is 5.56 Å². The predicted molar refractivity (Wildman–Crippen MR) is 55.1 cm³/mol. The number of hydrogen-bond donors (Lipinski definition) is 2. The molecule has 0 aliphatic heterocycles. The van der Waals surface area contributed by atoms with Crippen molar-refractivity contribution in [1.29, 1.82) is 0 Å². The van der Waals surface area contributed by atoms with Gasteiger partial charge in [-0.3, -0.25) is 0 Å². The molecule has 1 aromatic rings. The molecule has 0 saturated carbocycles. The zero-order valence-corrected chi connectivity index (χ0v) is 8.95. The van der Waals surface area contributed by atoms with Crippen molar-refractivity contribution in [1.82, 2.24) is 0 Å². The topological polar surface area (TPSA) is 72.6 Å². The van der Waals surface area contributed by atoms with Gasteiger partial charge in [-0.15, -0.1) is 0 Å². The summed E-state index contributed by atoms with van der Waals surface area (Å²) in [5, 5.41) is 8.74. The number of rotatable bonds is 3. The van der Waals surface area contributed by atoms with Crippen molar-refractivity contribution in [3.8, 4) is 5.75 Å². The van der Waals surface area contributed by atoms with Gasteiger partial charge >= 0.3 is 6.09 Å².